The van der Waals surface area contributed by atoms with Gasteiger partial charge < -0.3 is 48.3 Å². The van der Waals surface area contributed by atoms with Crippen molar-refractivity contribution in [3.8, 4) is 0 Å². The van der Waals surface area contributed by atoms with E-state index < -0.39 is 84.1 Å². The van der Waals surface area contributed by atoms with Gasteiger partial charge in [0.15, 0.2) is 0 Å². The van der Waals surface area contributed by atoms with Gasteiger partial charge in [-0.2, -0.15) is 0 Å². The van der Waals surface area contributed by atoms with E-state index in [4.69, 9.17) is 11.5 Å². The highest BCUT2D eigenvalue weighted by Gasteiger charge is 2.32. The molecular formula is C48H72BrN7O10. The molecule has 6 atom stereocenters. The molecule has 0 radical (unpaired) electrons. The van der Waals surface area contributed by atoms with Gasteiger partial charge in [0, 0.05) is 30.2 Å². The summed E-state index contributed by atoms with van der Waals surface area (Å²) in [4.78, 5) is 101. The molecule has 0 spiro atoms. The number of hydrogen-bond donors (Lipinski definition) is 9. The zero-order valence-corrected chi connectivity index (χ0v) is 40.2. The predicted octanol–water partition coefficient (Wildman–Crippen LogP) is 3.99. The molecule has 2 aromatic carbocycles. The van der Waals surface area contributed by atoms with E-state index in [2.05, 4.69) is 42.5 Å². The molecule has 11 N–H and O–H groups in total. The summed E-state index contributed by atoms with van der Waals surface area (Å²) in [7, 11) is 0. The molecule has 0 bridgehead atoms. The summed E-state index contributed by atoms with van der Waals surface area (Å²) in [6.07, 6.45) is 10.1. The van der Waals surface area contributed by atoms with Crippen LogP contribution in [0.3, 0.4) is 0 Å². The second-order valence-corrected chi connectivity index (χ2v) is 18.3. The summed E-state index contributed by atoms with van der Waals surface area (Å²) in [5.74, 6) is -5.68. The van der Waals surface area contributed by atoms with Crippen molar-refractivity contribution >= 4 is 63.2 Å². The number of rotatable bonds is 34. The van der Waals surface area contributed by atoms with E-state index in [1.54, 1.807) is 24.3 Å². The number of primary amides is 2. The van der Waals surface area contributed by atoms with Crippen molar-refractivity contribution in [3.05, 3.63) is 70.2 Å². The van der Waals surface area contributed by atoms with Gasteiger partial charge in [-0.3, -0.25) is 33.6 Å². The number of carboxylic acids is 1. The molecule has 66 heavy (non-hydrogen) atoms. The first kappa shape index (κ1) is 56.8. The highest BCUT2D eigenvalue weighted by molar-refractivity contribution is 9.10. The van der Waals surface area contributed by atoms with Crippen molar-refractivity contribution in [3.63, 3.8) is 0 Å². The van der Waals surface area contributed by atoms with Crippen molar-refractivity contribution in [1.29, 1.82) is 0 Å². The lowest BCUT2D eigenvalue weighted by molar-refractivity contribution is -0.142. The number of benzene rings is 2. The van der Waals surface area contributed by atoms with Crippen molar-refractivity contribution in [1.82, 2.24) is 26.6 Å². The highest BCUT2D eigenvalue weighted by atomic mass is 79.9. The molecule has 1 unspecified atom stereocenters. The predicted molar refractivity (Wildman–Crippen MR) is 254 cm³/mol. The smallest absolute Gasteiger partial charge is 0.326 e. The molecule has 7 amide bonds. The average Bonchev–Trinajstić information content (AvgIpc) is 3.25. The van der Waals surface area contributed by atoms with E-state index >= 15 is 0 Å². The summed E-state index contributed by atoms with van der Waals surface area (Å²) in [6, 6.07) is 10.2. The number of hydrogen-bond acceptors (Lipinski definition) is 9. The summed E-state index contributed by atoms with van der Waals surface area (Å²) >= 11 is 3.32. The van der Waals surface area contributed by atoms with Crippen LogP contribution >= 0.6 is 15.9 Å². The molecule has 2 rings (SSSR count). The molecule has 2 aromatic rings. The number of nitrogens with two attached hydrogens (primary N) is 2. The van der Waals surface area contributed by atoms with E-state index in [1.165, 1.54) is 6.92 Å². The van der Waals surface area contributed by atoms with E-state index in [0.29, 0.717) is 18.4 Å². The molecule has 0 aliphatic heterocycles. The molecule has 0 aromatic heterocycles. The Morgan fingerprint density at radius 1 is 0.545 bits per heavy atom. The van der Waals surface area contributed by atoms with Gasteiger partial charge in [-0.25, -0.2) is 4.79 Å². The van der Waals surface area contributed by atoms with Gasteiger partial charge in [0.05, 0.1) is 12.5 Å². The maximum absolute atomic E-state index is 13.3. The van der Waals surface area contributed by atoms with E-state index in [1.807, 2.05) is 44.2 Å². The normalized spacial score (nSPS) is 13.8. The number of aliphatic hydroxyl groups is 1. The van der Waals surface area contributed by atoms with Crippen LogP contribution in [-0.2, 0) is 51.2 Å². The van der Waals surface area contributed by atoms with Crippen LogP contribution in [0.4, 0.5) is 0 Å². The Kier molecular flexibility index (Phi) is 27.1. The standard InChI is InChI=1S/C48H72BrN7O10/c1-31(2)27-37(45(62)53-36(44(51)61)28-33-19-15-14-16-20-33)54-47(64)43(32(3)57)56-42(60)22-18-13-11-9-7-5-4-6-8-10-12-17-21-41(59)52-38(30-40(50)58)46(63)55-39(48(65)66)29-34-23-25-35(49)26-24-34/h14-16,19-20,23-26,31-32,36-39,43,57H,4-13,17-18,21-22,27-30H2,1-3H3,(H2,50,58)(H2,51,61)(H,52,59)(H,53,62)(H,54,64)(H,55,63)(H,56,60)(H,65,66)/t32?,36-,37-,38-,39-,43-/m0/s1. The first-order valence-corrected chi connectivity index (χ1v) is 23.9. The van der Waals surface area contributed by atoms with Gasteiger partial charge in [0.2, 0.25) is 41.4 Å². The van der Waals surface area contributed by atoms with E-state index in [-0.39, 0.29) is 43.9 Å². The van der Waals surface area contributed by atoms with Crippen LogP contribution in [-0.4, -0.2) is 93.8 Å². The SMILES string of the molecule is CC(C)C[C@H](NC(=O)[C@@H](NC(=O)CCCCCCCCCCCCCCC(=O)N[C@@H](CC(N)=O)C(=O)N[C@@H](Cc1ccc(Br)cc1)C(=O)O)C(C)O)C(=O)N[C@@H](Cc1ccccc1)C(N)=O. The van der Waals surface area contributed by atoms with Gasteiger partial charge in [-0.1, -0.05) is 136 Å². The number of carboxylic acid groups (broad SMARTS) is 1. The van der Waals surface area contributed by atoms with Crippen molar-refractivity contribution in [2.75, 3.05) is 0 Å². The fourth-order valence-electron chi connectivity index (χ4n) is 7.30. The first-order chi connectivity index (χ1) is 31.4. The first-order valence-electron chi connectivity index (χ1n) is 23.1. The number of unbranched alkanes of at least 4 members (excludes halogenated alkanes) is 11. The highest BCUT2D eigenvalue weighted by Crippen LogP contribution is 2.15. The maximum atomic E-state index is 13.3. The van der Waals surface area contributed by atoms with E-state index in [9.17, 15) is 48.6 Å². The van der Waals surface area contributed by atoms with E-state index in [0.717, 1.165) is 74.2 Å². The average molecular weight is 987 g/mol. The van der Waals surface area contributed by atoms with Crippen LogP contribution in [0.25, 0.3) is 0 Å². The second-order valence-electron chi connectivity index (χ2n) is 17.4. The third kappa shape index (κ3) is 24.2. The van der Waals surface area contributed by atoms with Crippen LogP contribution in [0.5, 0.6) is 0 Å². The zero-order chi connectivity index (χ0) is 49.0. The quantitative estimate of drug-likeness (QED) is 0.0455. The molecule has 0 aliphatic rings. The summed E-state index contributed by atoms with van der Waals surface area (Å²) in [5, 5.41) is 33.0. The molecule has 0 aliphatic carbocycles. The third-order valence-electron chi connectivity index (χ3n) is 10.9. The minimum atomic E-state index is -1.29. The van der Waals surface area contributed by atoms with Gasteiger partial charge >= 0.3 is 5.97 Å². The van der Waals surface area contributed by atoms with Gasteiger partial charge in [0.1, 0.15) is 30.2 Å². The summed E-state index contributed by atoms with van der Waals surface area (Å²) < 4.78 is 0.820. The number of nitrogens with one attached hydrogen (secondary N) is 5. The number of aliphatic carboxylic acids is 1. The lowest BCUT2D eigenvalue weighted by Gasteiger charge is -2.26. The molecule has 0 heterocycles. The van der Waals surface area contributed by atoms with Crippen LogP contribution in [0.1, 0.15) is 135 Å². The molecule has 0 saturated carbocycles. The summed E-state index contributed by atoms with van der Waals surface area (Å²) in [5.41, 5.74) is 12.4. The van der Waals surface area contributed by atoms with Crippen LogP contribution < -0.4 is 38.1 Å². The van der Waals surface area contributed by atoms with Gasteiger partial charge in [0.25, 0.3) is 0 Å². The Hall–Kier alpha value is -5.36. The topological polar surface area (TPSA) is 289 Å². The van der Waals surface area contributed by atoms with Crippen LogP contribution in [0.15, 0.2) is 59.1 Å². The molecule has 17 nitrogen and oxygen atoms in total. The third-order valence-corrected chi connectivity index (χ3v) is 11.5. The Labute approximate surface area is 397 Å². The Morgan fingerprint density at radius 2 is 0.985 bits per heavy atom. The van der Waals surface area contributed by atoms with Crippen molar-refractivity contribution in [2.24, 2.45) is 17.4 Å². The monoisotopic (exact) mass is 985 g/mol. The Morgan fingerprint density at radius 3 is 1.45 bits per heavy atom. The van der Waals surface area contributed by atoms with Crippen LogP contribution in [0, 0.1) is 5.92 Å². The minimum Gasteiger partial charge on any atom is -0.480 e. The van der Waals surface area contributed by atoms with Crippen LogP contribution in [0.2, 0.25) is 0 Å². The van der Waals surface area contributed by atoms with Crippen molar-refractivity contribution in [2.45, 2.75) is 173 Å². The minimum absolute atomic E-state index is 0.00527. The summed E-state index contributed by atoms with van der Waals surface area (Å²) in [6.45, 7) is 5.15. The van der Waals surface area contributed by atoms with Gasteiger partial charge in [-0.05, 0) is 55.4 Å². The lowest BCUT2D eigenvalue weighted by Crippen LogP contribution is -2.59. The fourth-order valence-corrected chi connectivity index (χ4v) is 7.57. The number of amides is 7. The van der Waals surface area contributed by atoms with Crippen molar-refractivity contribution < 1.29 is 48.6 Å². The number of aliphatic hydroxyl groups excluding tert-OH is 1. The largest absolute Gasteiger partial charge is 0.480 e. The Bertz CT molecular complexity index is 1850. The molecule has 0 saturated heterocycles. The molecule has 0 fully saturated rings. The van der Waals surface area contributed by atoms with Gasteiger partial charge in [-0.15, -0.1) is 0 Å². The number of carbonyl (C=O) groups is 8. The number of carbonyl (C=O) groups excluding carboxylic acids is 7. The molecule has 366 valence electrons. The molecule has 18 heteroatoms. The maximum Gasteiger partial charge on any atom is 0.326 e. The lowest BCUT2D eigenvalue weighted by atomic mass is 10.0. The fraction of sp³-hybridized carbons (Fsp3) is 0.583. The molecular weight excluding hydrogens is 914 g/mol. The number of halogens is 1. The Balaban J connectivity index is 1.62. The zero-order valence-electron chi connectivity index (χ0n) is 38.7. The second kappa shape index (κ2) is 31.5.